The van der Waals surface area contributed by atoms with Crippen LogP contribution in [0.5, 0.6) is 0 Å². The molecule has 1 aliphatic rings. The first kappa shape index (κ1) is 20.9. The van der Waals surface area contributed by atoms with E-state index >= 15 is 0 Å². The van der Waals surface area contributed by atoms with Gasteiger partial charge in [-0.1, -0.05) is 11.6 Å². The van der Waals surface area contributed by atoms with Crippen LogP contribution in [0.2, 0.25) is 5.02 Å². The number of carbonyl (C=O) groups excluding carboxylic acids is 1. The Morgan fingerprint density at radius 3 is 2.69 bits per heavy atom. The molecule has 0 fully saturated rings. The normalized spacial score (nSPS) is 15.0. The molecule has 1 amide bonds. The van der Waals surface area contributed by atoms with Crippen molar-refractivity contribution in [3.05, 3.63) is 52.2 Å². The van der Waals surface area contributed by atoms with Crippen LogP contribution in [0.3, 0.4) is 0 Å². The molecule has 12 heteroatoms. The Balaban J connectivity index is 1.81. The van der Waals surface area contributed by atoms with Crippen molar-refractivity contribution in [3.63, 3.8) is 0 Å². The van der Waals surface area contributed by atoms with Gasteiger partial charge in [0.05, 0.1) is 22.8 Å². The molecule has 0 radical (unpaired) electrons. The summed E-state index contributed by atoms with van der Waals surface area (Å²) >= 11 is 5.81. The lowest BCUT2D eigenvalue weighted by Gasteiger charge is -2.32. The summed E-state index contributed by atoms with van der Waals surface area (Å²) in [5.41, 5.74) is 5.43. The van der Waals surface area contributed by atoms with Gasteiger partial charge in [0.25, 0.3) is 5.91 Å². The van der Waals surface area contributed by atoms with E-state index in [0.29, 0.717) is 30.2 Å². The van der Waals surface area contributed by atoms with Crippen LogP contribution in [0.1, 0.15) is 29.4 Å². The molecule has 2 aromatic rings. The first-order valence-corrected chi connectivity index (χ1v) is 9.08. The maximum Gasteiger partial charge on any atom is 0.434 e. The molecule has 2 aromatic heterocycles. The number of aryl methyl sites for hydroxylation is 1. The fourth-order valence-electron chi connectivity index (χ4n) is 3.00. The molecule has 0 aromatic carbocycles. The maximum absolute atomic E-state index is 13.0. The van der Waals surface area contributed by atoms with Gasteiger partial charge >= 0.3 is 6.18 Å². The van der Waals surface area contributed by atoms with Crippen LogP contribution in [-0.4, -0.2) is 38.7 Å². The number of nitrogens with zero attached hydrogens (tertiary/aromatic N) is 5. The summed E-state index contributed by atoms with van der Waals surface area (Å²) in [4.78, 5) is 17.3. The average Bonchev–Trinajstić information content (AvgIpc) is 3.15. The van der Waals surface area contributed by atoms with Gasteiger partial charge < -0.3 is 10.6 Å². The Bertz CT molecular complexity index is 957. The van der Waals surface area contributed by atoms with E-state index in [1.807, 2.05) is 6.92 Å². The Kier molecular flexibility index (Phi) is 5.71. The summed E-state index contributed by atoms with van der Waals surface area (Å²) < 4.78 is 40.7. The number of anilines is 1. The zero-order chi connectivity index (χ0) is 21.3. The molecule has 29 heavy (non-hydrogen) atoms. The third kappa shape index (κ3) is 4.15. The van der Waals surface area contributed by atoms with E-state index in [4.69, 9.17) is 23.2 Å². The number of nitrogens with two attached hydrogens (primary N) is 2. The molecule has 0 bridgehead atoms. The SMILES string of the molecule is CCn1ccc(N(N)C2=C(N)CN(C(=O)c3ccnc(C(F)(F)F)c3Cl)CC2)n1. The summed E-state index contributed by atoms with van der Waals surface area (Å²) in [5.74, 6) is 5.95. The number of halogens is 4. The zero-order valence-corrected chi connectivity index (χ0v) is 16.2. The zero-order valence-electron chi connectivity index (χ0n) is 15.4. The highest BCUT2D eigenvalue weighted by Crippen LogP contribution is 2.35. The molecule has 0 saturated carbocycles. The molecule has 3 heterocycles. The Hall–Kier alpha value is -2.79. The molecule has 0 saturated heterocycles. The molecule has 1 aliphatic heterocycles. The van der Waals surface area contributed by atoms with Crippen molar-refractivity contribution in [2.45, 2.75) is 26.1 Å². The predicted octanol–water partition coefficient (Wildman–Crippen LogP) is 2.37. The molecular formula is C17H19ClF3N7O. The number of hydrogen-bond donors (Lipinski definition) is 2. The largest absolute Gasteiger partial charge is 0.434 e. The highest BCUT2D eigenvalue weighted by atomic mass is 35.5. The first-order valence-electron chi connectivity index (χ1n) is 8.70. The molecule has 0 aliphatic carbocycles. The molecule has 0 spiro atoms. The van der Waals surface area contributed by atoms with E-state index in [-0.39, 0.29) is 18.7 Å². The van der Waals surface area contributed by atoms with Crippen molar-refractivity contribution in [2.75, 3.05) is 18.1 Å². The maximum atomic E-state index is 13.0. The van der Waals surface area contributed by atoms with Gasteiger partial charge in [0.2, 0.25) is 0 Å². The highest BCUT2D eigenvalue weighted by molar-refractivity contribution is 6.34. The van der Waals surface area contributed by atoms with Gasteiger partial charge in [0.1, 0.15) is 0 Å². The lowest BCUT2D eigenvalue weighted by atomic mass is 10.1. The summed E-state index contributed by atoms with van der Waals surface area (Å²) in [7, 11) is 0. The van der Waals surface area contributed by atoms with Crippen LogP contribution in [0.15, 0.2) is 35.9 Å². The fourth-order valence-corrected chi connectivity index (χ4v) is 3.30. The third-order valence-corrected chi connectivity index (χ3v) is 4.90. The summed E-state index contributed by atoms with van der Waals surface area (Å²) in [6, 6.07) is 2.89. The Morgan fingerprint density at radius 1 is 1.38 bits per heavy atom. The third-order valence-electron chi connectivity index (χ3n) is 4.51. The summed E-state index contributed by atoms with van der Waals surface area (Å²) in [6.07, 6.45) is -1.78. The number of pyridine rings is 1. The first-order chi connectivity index (χ1) is 13.6. The molecule has 3 rings (SSSR count). The minimum absolute atomic E-state index is 0.00362. The van der Waals surface area contributed by atoms with Crippen molar-refractivity contribution >= 4 is 23.3 Å². The van der Waals surface area contributed by atoms with Gasteiger partial charge in [0.15, 0.2) is 11.5 Å². The Morgan fingerprint density at radius 2 is 2.10 bits per heavy atom. The predicted molar refractivity (Wildman–Crippen MR) is 101 cm³/mol. The van der Waals surface area contributed by atoms with Gasteiger partial charge in [-0.15, -0.1) is 0 Å². The van der Waals surface area contributed by atoms with Gasteiger partial charge in [-0.2, -0.15) is 18.3 Å². The molecule has 4 N–H and O–H groups in total. The number of alkyl halides is 3. The van der Waals surface area contributed by atoms with Crippen molar-refractivity contribution in [1.29, 1.82) is 0 Å². The van der Waals surface area contributed by atoms with Crippen molar-refractivity contribution in [1.82, 2.24) is 19.7 Å². The number of carbonyl (C=O) groups is 1. The second-order valence-corrected chi connectivity index (χ2v) is 6.75. The van der Waals surface area contributed by atoms with Crippen LogP contribution in [0.25, 0.3) is 0 Å². The second-order valence-electron chi connectivity index (χ2n) is 6.37. The number of amides is 1. The van der Waals surface area contributed by atoms with E-state index in [1.54, 1.807) is 16.9 Å². The molecule has 156 valence electrons. The highest BCUT2D eigenvalue weighted by Gasteiger charge is 2.37. The van der Waals surface area contributed by atoms with E-state index in [2.05, 4.69) is 10.1 Å². The van der Waals surface area contributed by atoms with E-state index < -0.39 is 22.8 Å². The topological polar surface area (TPSA) is 106 Å². The smallest absolute Gasteiger partial charge is 0.399 e. The number of rotatable bonds is 4. The quantitative estimate of drug-likeness (QED) is 0.571. The van der Waals surface area contributed by atoms with Crippen molar-refractivity contribution in [3.8, 4) is 0 Å². The lowest BCUT2D eigenvalue weighted by Crippen LogP contribution is -2.44. The number of aromatic nitrogens is 3. The van der Waals surface area contributed by atoms with Crippen LogP contribution in [-0.2, 0) is 12.7 Å². The minimum Gasteiger partial charge on any atom is -0.399 e. The molecule has 8 nitrogen and oxygen atoms in total. The monoisotopic (exact) mass is 429 g/mol. The van der Waals surface area contributed by atoms with Gasteiger partial charge in [-0.05, 0) is 13.0 Å². The van der Waals surface area contributed by atoms with E-state index in [0.717, 1.165) is 12.3 Å². The van der Waals surface area contributed by atoms with E-state index in [9.17, 15) is 18.0 Å². The molecule has 0 atom stereocenters. The second kappa shape index (κ2) is 7.91. The van der Waals surface area contributed by atoms with E-state index in [1.165, 1.54) is 9.91 Å². The fraction of sp³-hybridized carbons (Fsp3) is 0.353. The van der Waals surface area contributed by atoms with Crippen LogP contribution in [0.4, 0.5) is 19.0 Å². The average molecular weight is 430 g/mol. The van der Waals surface area contributed by atoms with Crippen LogP contribution >= 0.6 is 11.6 Å². The summed E-state index contributed by atoms with van der Waals surface area (Å²) in [5, 5.41) is 4.92. The lowest BCUT2D eigenvalue weighted by molar-refractivity contribution is -0.141. The van der Waals surface area contributed by atoms with Gasteiger partial charge in [0, 0.05) is 43.7 Å². The summed E-state index contributed by atoms with van der Waals surface area (Å²) in [6.45, 7) is 2.81. The number of hydrazine groups is 1. The Labute approximate surface area is 169 Å². The van der Waals surface area contributed by atoms with Crippen molar-refractivity contribution in [2.24, 2.45) is 11.6 Å². The van der Waals surface area contributed by atoms with Crippen LogP contribution < -0.4 is 16.6 Å². The van der Waals surface area contributed by atoms with Gasteiger partial charge in [-0.25, -0.2) is 5.84 Å². The minimum atomic E-state index is -4.76. The standard InChI is InChI=1S/C17H19ClF3N7O/c1-2-27-8-5-13(25-27)28(23)12-4-7-26(9-11(12)22)16(29)10-3-6-24-15(14(10)18)17(19,20)21/h3,5-6,8H,2,4,7,9,22-23H2,1H3. The molecular weight excluding hydrogens is 411 g/mol. The van der Waals surface area contributed by atoms with Gasteiger partial charge in [-0.3, -0.25) is 19.5 Å². The molecule has 0 unspecified atom stereocenters. The van der Waals surface area contributed by atoms with Crippen LogP contribution in [0, 0.1) is 0 Å². The van der Waals surface area contributed by atoms with Crippen molar-refractivity contribution < 1.29 is 18.0 Å². The number of hydrogen-bond acceptors (Lipinski definition) is 6.